The lowest BCUT2D eigenvalue weighted by atomic mass is 10.2. The van der Waals surface area contributed by atoms with Crippen LogP contribution in [0.3, 0.4) is 0 Å². The highest BCUT2D eigenvalue weighted by Crippen LogP contribution is 2.03. The fourth-order valence-corrected chi connectivity index (χ4v) is 1.09. The van der Waals surface area contributed by atoms with Crippen molar-refractivity contribution in [1.82, 2.24) is 15.0 Å². The highest BCUT2D eigenvalue weighted by molar-refractivity contribution is 5.15. The number of rotatable bonds is 2. The summed E-state index contributed by atoms with van der Waals surface area (Å²) in [5.74, 6) is -0.220. The predicted octanol–water partition coefficient (Wildman–Crippen LogP) is 1.47. The lowest BCUT2D eigenvalue weighted by Gasteiger charge is -1.99. The summed E-state index contributed by atoms with van der Waals surface area (Å²) in [6.45, 7) is 0.625. The molecule has 2 aromatic rings. The smallest absolute Gasteiger partial charge is 0.123 e. The van der Waals surface area contributed by atoms with Crippen molar-refractivity contribution >= 4 is 0 Å². The van der Waals surface area contributed by atoms with Crippen molar-refractivity contribution in [2.24, 2.45) is 0 Å². The van der Waals surface area contributed by atoms with Crippen molar-refractivity contribution < 1.29 is 4.39 Å². The Kier molecular flexibility index (Phi) is 2.04. The van der Waals surface area contributed by atoms with Crippen LogP contribution in [0.5, 0.6) is 0 Å². The van der Waals surface area contributed by atoms with Gasteiger partial charge in [0.1, 0.15) is 5.82 Å². The van der Waals surface area contributed by atoms with Crippen LogP contribution < -0.4 is 0 Å². The molecule has 0 amide bonds. The summed E-state index contributed by atoms with van der Waals surface area (Å²) in [4.78, 5) is 0. The highest BCUT2D eigenvalue weighted by atomic mass is 19.1. The SMILES string of the molecule is Fc1ccc(Cn2ccnn2)cc1. The molecule has 13 heavy (non-hydrogen) atoms. The van der Waals surface area contributed by atoms with Crippen LogP contribution in [0.1, 0.15) is 5.56 Å². The molecule has 0 aliphatic heterocycles. The summed E-state index contributed by atoms with van der Waals surface area (Å²) in [7, 11) is 0. The first-order valence-corrected chi connectivity index (χ1v) is 3.93. The van der Waals surface area contributed by atoms with E-state index >= 15 is 0 Å². The predicted molar refractivity (Wildman–Crippen MR) is 45.5 cm³/mol. The molecule has 0 saturated heterocycles. The van der Waals surface area contributed by atoms with Gasteiger partial charge >= 0.3 is 0 Å². The molecule has 1 heterocycles. The molecule has 0 radical (unpaired) electrons. The van der Waals surface area contributed by atoms with Gasteiger partial charge in [0.2, 0.25) is 0 Å². The number of benzene rings is 1. The molecule has 0 aliphatic rings. The minimum absolute atomic E-state index is 0.220. The molecule has 3 nitrogen and oxygen atoms in total. The van der Waals surface area contributed by atoms with Crippen LogP contribution in [-0.2, 0) is 6.54 Å². The van der Waals surface area contributed by atoms with Gasteiger partial charge in [0.25, 0.3) is 0 Å². The second kappa shape index (κ2) is 3.35. The van der Waals surface area contributed by atoms with Crippen LogP contribution in [0.4, 0.5) is 4.39 Å². The normalized spacial score (nSPS) is 10.2. The molecule has 0 saturated carbocycles. The van der Waals surface area contributed by atoms with E-state index in [-0.39, 0.29) is 5.82 Å². The van der Waals surface area contributed by atoms with Crippen molar-refractivity contribution in [2.45, 2.75) is 6.54 Å². The molecule has 4 heteroatoms. The van der Waals surface area contributed by atoms with Crippen LogP contribution in [-0.4, -0.2) is 15.0 Å². The quantitative estimate of drug-likeness (QED) is 0.695. The third-order valence-electron chi connectivity index (χ3n) is 1.73. The van der Waals surface area contributed by atoms with Crippen LogP contribution in [0, 0.1) is 5.82 Å². The second-order valence-corrected chi connectivity index (χ2v) is 2.73. The Balaban J connectivity index is 2.15. The van der Waals surface area contributed by atoms with Gasteiger partial charge < -0.3 is 0 Å². The Bertz CT molecular complexity index is 366. The third kappa shape index (κ3) is 1.90. The summed E-state index contributed by atoms with van der Waals surface area (Å²) in [5.41, 5.74) is 1.01. The maximum absolute atomic E-state index is 12.5. The zero-order chi connectivity index (χ0) is 9.10. The molecule has 0 bridgehead atoms. The number of aromatic nitrogens is 3. The lowest BCUT2D eigenvalue weighted by Crippen LogP contribution is -2.00. The number of hydrogen-bond donors (Lipinski definition) is 0. The van der Waals surface area contributed by atoms with E-state index < -0.39 is 0 Å². The van der Waals surface area contributed by atoms with Crippen molar-refractivity contribution in [3.05, 3.63) is 48.0 Å². The van der Waals surface area contributed by atoms with Crippen LogP contribution in [0.25, 0.3) is 0 Å². The van der Waals surface area contributed by atoms with Crippen molar-refractivity contribution in [2.75, 3.05) is 0 Å². The molecule has 66 valence electrons. The van der Waals surface area contributed by atoms with Crippen LogP contribution >= 0.6 is 0 Å². The van der Waals surface area contributed by atoms with Gasteiger partial charge in [-0.1, -0.05) is 17.3 Å². The van der Waals surface area contributed by atoms with Gasteiger partial charge in [-0.05, 0) is 17.7 Å². The summed E-state index contributed by atoms with van der Waals surface area (Å²) in [6.07, 6.45) is 3.38. The molecule has 0 spiro atoms. The number of hydrogen-bond acceptors (Lipinski definition) is 2. The molecule has 0 unspecified atom stereocenters. The van der Waals surface area contributed by atoms with Gasteiger partial charge in [0.15, 0.2) is 0 Å². The molecule has 0 atom stereocenters. The first kappa shape index (κ1) is 7.91. The Hall–Kier alpha value is -1.71. The van der Waals surface area contributed by atoms with Gasteiger partial charge in [0.05, 0.1) is 12.7 Å². The van der Waals surface area contributed by atoms with E-state index in [1.54, 1.807) is 29.2 Å². The average molecular weight is 177 g/mol. The zero-order valence-electron chi connectivity index (χ0n) is 6.89. The average Bonchev–Trinajstić information content (AvgIpc) is 2.62. The monoisotopic (exact) mass is 177 g/mol. The molecule has 1 aromatic carbocycles. The van der Waals surface area contributed by atoms with Crippen LogP contribution in [0.2, 0.25) is 0 Å². The van der Waals surface area contributed by atoms with Gasteiger partial charge in [-0.3, -0.25) is 0 Å². The van der Waals surface area contributed by atoms with Crippen molar-refractivity contribution in [1.29, 1.82) is 0 Å². The van der Waals surface area contributed by atoms with E-state index in [1.165, 1.54) is 12.1 Å². The van der Waals surface area contributed by atoms with Crippen molar-refractivity contribution in [3.8, 4) is 0 Å². The number of nitrogens with zero attached hydrogens (tertiary/aromatic N) is 3. The molecule has 0 N–H and O–H groups in total. The van der Waals surface area contributed by atoms with Gasteiger partial charge in [-0.2, -0.15) is 0 Å². The van der Waals surface area contributed by atoms with Gasteiger partial charge in [-0.15, -0.1) is 5.10 Å². The van der Waals surface area contributed by atoms with Gasteiger partial charge in [-0.25, -0.2) is 9.07 Å². The molecular weight excluding hydrogens is 169 g/mol. The fraction of sp³-hybridized carbons (Fsp3) is 0.111. The van der Waals surface area contributed by atoms with E-state index in [4.69, 9.17) is 0 Å². The summed E-state index contributed by atoms with van der Waals surface area (Å²) >= 11 is 0. The molecule has 1 aromatic heterocycles. The Morgan fingerprint density at radius 1 is 1.23 bits per heavy atom. The molecule has 0 aliphatic carbocycles. The van der Waals surface area contributed by atoms with Crippen LogP contribution in [0.15, 0.2) is 36.7 Å². The standard InChI is InChI=1S/C9H8FN3/c10-9-3-1-8(2-4-9)7-13-6-5-11-12-13/h1-6H,7H2. The largest absolute Gasteiger partial charge is 0.248 e. The van der Waals surface area contributed by atoms with Gasteiger partial charge in [0, 0.05) is 6.20 Å². The maximum atomic E-state index is 12.5. The Labute approximate surface area is 74.8 Å². The lowest BCUT2D eigenvalue weighted by molar-refractivity contribution is 0.621. The molecule has 2 rings (SSSR count). The van der Waals surface area contributed by atoms with E-state index in [2.05, 4.69) is 10.3 Å². The number of halogens is 1. The summed E-state index contributed by atoms with van der Waals surface area (Å²) < 4.78 is 14.2. The molecule has 0 fully saturated rings. The summed E-state index contributed by atoms with van der Waals surface area (Å²) in [5, 5.41) is 7.48. The Morgan fingerprint density at radius 2 is 2.00 bits per heavy atom. The first-order valence-electron chi connectivity index (χ1n) is 3.93. The summed E-state index contributed by atoms with van der Waals surface area (Å²) in [6, 6.07) is 6.34. The third-order valence-corrected chi connectivity index (χ3v) is 1.73. The second-order valence-electron chi connectivity index (χ2n) is 2.73. The zero-order valence-corrected chi connectivity index (χ0v) is 6.89. The highest BCUT2D eigenvalue weighted by Gasteiger charge is 1.95. The molecular formula is C9H8FN3. The topological polar surface area (TPSA) is 30.7 Å². The minimum atomic E-state index is -0.220. The van der Waals surface area contributed by atoms with E-state index in [9.17, 15) is 4.39 Å². The van der Waals surface area contributed by atoms with E-state index in [0.717, 1.165) is 5.56 Å². The van der Waals surface area contributed by atoms with E-state index in [1.807, 2.05) is 0 Å². The maximum Gasteiger partial charge on any atom is 0.123 e. The first-order chi connectivity index (χ1) is 6.34. The minimum Gasteiger partial charge on any atom is -0.248 e. The van der Waals surface area contributed by atoms with E-state index in [0.29, 0.717) is 6.54 Å². The van der Waals surface area contributed by atoms with Crippen molar-refractivity contribution in [3.63, 3.8) is 0 Å². The fourth-order valence-electron chi connectivity index (χ4n) is 1.09. The Morgan fingerprint density at radius 3 is 2.62 bits per heavy atom.